The fourth-order valence-electron chi connectivity index (χ4n) is 4.54. The Bertz CT molecular complexity index is 1320. The highest BCUT2D eigenvalue weighted by atomic mass is 19.1. The summed E-state index contributed by atoms with van der Waals surface area (Å²) in [5.41, 5.74) is 4.14. The Balaban J connectivity index is 1.42. The number of benzene rings is 2. The van der Waals surface area contributed by atoms with Crippen LogP contribution >= 0.6 is 0 Å². The Kier molecular flexibility index (Phi) is 5.53. The van der Waals surface area contributed by atoms with Crippen LogP contribution < -0.4 is 5.43 Å². The van der Waals surface area contributed by atoms with Crippen LogP contribution in [-0.4, -0.2) is 28.0 Å². The molecule has 0 bridgehead atoms. The van der Waals surface area contributed by atoms with Crippen molar-refractivity contribution >= 4 is 11.0 Å². The Morgan fingerprint density at radius 2 is 1.97 bits per heavy atom. The van der Waals surface area contributed by atoms with Crippen LogP contribution in [0.15, 0.2) is 70.2 Å². The van der Waals surface area contributed by atoms with Gasteiger partial charge in [-0.15, -0.1) is 0 Å². The molecule has 2 aromatic carbocycles. The Morgan fingerprint density at radius 3 is 2.81 bits per heavy atom. The van der Waals surface area contributed by atoms with Crippen molar-refractivity contribution in [2.75, 3.05) is 13.1 Å². The third-order valence-electron chi connectivity index (χ3n) is 6.13. The number of halogens is 1. The molecule has 1 atom stereocenters. The first-order chi connectivity index (χ1) is 15.6. The number of nitrogens with zero attached hydrogens (tertiary/aromatic N) is 3. The van der Waals surface area contributed by atoms with E-state index in [1.54, 1.807) is 18.4 Å². The van der Waals surface area contributed by atoms with E-state index in [2.05, 4.69) is 9.88 Å². The topological polar surface area (TPSA) is 59.2 Å². The molecule has 1 saturated heterocycles. The maximum Gasteiger partial charge on any atom is 0.197 e. The maximum atomic E-state index is 13.4. The Hall–Kier alpha value is -3.38. The molecule has 0 saturated carbocycles. The average Bonchev–Trinajstić information content (AvgIpc) is 2.82. The van der Waals surface area contributed by atoms with E-state index in [0.717, 1.165) is 48.6 Å². The van der Waals surface area contributed by atoms with Crippen LogP contribution in [0.3, 0.4) is 0 Å². The number of rotatable bonds is 4. The van der Waals surface area contributed by atoms with Gasteiger partial charge in [0, 0.05) is 36.3 Å². The van der Waals surface area contributed by atoms with Crippen LogP contribution in [0.25, 0.3) is 22.1 Å². The van der Waals surface area contributed by atoms with E-state index in [1.165, 1.54) is 12.1 Å². The monoisotopic (exact) mass is 429 g/mol. The van der Waals surface area contributed by atoms with Crippen LogP contribution in [0, 0.1) is 12.7 Å². The van der Waals surface area contributed by atoms with Gasteiger partial charge in [0.1, 0.15) is 17.2 Å². The molecule has 3 heterocycles. The normalized spacial score (nSPS) is 17.0. The van der Waals surface area contributed by atoms with Gasteiger partial charge in [-0.05, 0) is 56.1 Å². The van der Waals surface area contributed by atoms with E-state index < -0.39 is 0 Å². The first-order valence-electron chi connectivity index (χ1n) is 10.9. The second kappa shape index (κ2) is 8.63. The lowest BCUT2D eigenvalue weighted by Crippen LogP contribution is -2.35. The van der Waals surface area contributed by atoms with Gasteiger partial charge in [0.05, 0.1) is 17.3 Å². The molecule has 1 fully saturated rings. The SMILES string of the molecule is Cc1ncc(-c2ccc(F)cc2)c(C2CCCN(Cc3coc4ccccc4c3=O)C2)n1. The van der Waals surface area contributed by atoms with E-state index in [0.29, 0.717) is 23.1 Å². The number of aromatic nitrogens is 2. The molecular formula is C26H24FN3O2. The van der Waals surface area contributed by atoms with Gasteiger partial charge in [-0.1, -0.05) is 24.3 Å². The van der Waals surface area contributed by atoms with Gasteiger partial charge >= 0.3 is 0 Å². The predicted octanol–water partition coefficient (Wildman–Crippen LogP) is 5.08. The van der Waals surface area contributed by atoms with E-state index in [9.17, 15) is 9.18 Å². The third kappa shape index (κ3) is 4.06. The number of piperidine rings is 1. The number of fused-ring (bicyclic) bond motifs is 1. The number of hydrogen-bond acceptors (Lipinski definition) is 5. The van der Waals surface area contributed by atoms with E-state index in [-0.39, 0.29) is 17.2 Å². The fourth-order valence-corrected chi connectivity index (χ4v) is 4.54. The molecule has 1 unspecified atom stereocenters. The maximum absolute atomic E-state index is 13.4. The second-order valence-electron chi connectivity index (χ2n) is 8.38. The van der Waals surface area contributed by atoms with Crippen molar-refractivity contribution in [3.8, 4) is 11.1 Å². The molecule has 0 spiro atoms. The number of likely N-dealkylation sites (tertiary alicyclic amines) is 1. The van der Waals surface area contributed by atoms with Crippen LogP contribution in [0.1, 0.15) is 35.8 Å². The number of hydrogen-bond donors (Lipinski definition) is 0. The zero-order valence-electron chi connectivity index (χ0n) is 17.9. The summed E-state index contributed by atoms with van der Waals surface area (Å²) in [7, 11) is 0. The number of para-hydroxylation sites is 1. The minimum absolute atomic E-state index is 0.0267. The van der Waals surface area contributed by atoms with Gasteiger partial charge in [-0.3, -0.25) is 9.69 Å². The second-order valence-corrected chi connectivity index (χ2v) is 8.38. The number of aryl methyl sites for hydroxylation is 1. The molecular weight excluding hydrogens is 405 g/mol. The highest BCUT2D eigenvalue weighted by Gasteiger charge is 2.26. The van der Waals surface area contributed by atoms with E-state index >= 15 is 0 Å². The third-order valence-corrected chi connectivity index (χ3v) is 6.13. The van der Waals surface area contributed by atoms with Crippen molar-refractivity contribution in [1.29, 1.82) is 0 Å². The molecule has 32 heavy (non-hydrogen) atoms. The summed E-state index contributed by atoms with van der Waals surface area (Å²) in [6.45, 7) is 4.13. The highest BCUT2D eigenvalue weighted by Crippen LogP contribution is 2.33. The molecule has 5 rings (SSSR count). The van der Waals surface area contributed by atoms with E-state index in [1.807, 2.05) is 37.4 Å². The molecule has 0 radical (unpaired) electrons. The minimum atomic E-state index is -0.263. The fraction of sp³-hybridized carbons (Fsp3) is 0.269. The van der Waals surface area contributed by atoms with Crippen LogP contribution in [0.2, 0.25) is 0 Å². The largest absolute Gasteiger partial charge is 0.464 e. The van der Waals surface area contributed by atoms with Gasteiger partial charge in [0.15, 0.2) is 5.43 Å². The molecule has 6 heteroatoms. The van der Waals surface area contributed by atoms with Gasteiger partial charge in [0.2, 0.25) is 0 Å². The Labute approximate surface area is 185 Å². The zero-order valence-corrected chi connectivity index (χ0v) is 17.9. The summed E-state index contributed by atoms with van der Waals surface area (Å²) in [6, 6.07) is 13.8. The van der Waals surface area contributed by atoms with Crippen molar-refractivity contribution < 1.29 is 8.81 Å². The van der Waals surface area contributed by atoms with Gasteiger partial charge in [-0.25, -0.2) is 14.4 Å². The Morgan fingerprint density at radius 1 is 1.16 bits per heavy atom. The van der Waals surface area contributed by atoms with Crippen molar-refractivity contribution in [3.63, 3.8) is 0 Å². The van der Waals surface area contributed by atoms with Crippen molar-refractivity contribution in [2.24, 2.45) is 0 Å². The highest BCUT2D eigenvalue weighted by molar-refractivity contribution is 5.76. The lowest BCUT2D eigenvalue weighted by molar-refractivity contribution is 0.197. The molecule has 1 aliphatic heterocycles. The molecule has 5 nitrogen and oxygen atoms in total. The summed E-state index contributed by atoms with van der Waals surface area (Å²) < 4.78 is 19.1. The van der Waals surface area contributed by atoms with Crippen LogP contribution in [0.4, 0.5) is 4.39 Å². The smallest absolute Gasteiger partial charge is 0.197 e. The molecule has 2 aromatic heterocycles. The summed E-state index contributed by atoms with van der Waals surface area (Å²) in [5, 5.41) is 0.614. The quantitative estimate of drug-likeness (QED) is 0.453. The van der Waals surface area contributed by atoms with Gasteiger partial charge in [0.25, 0.3) is 0 Å². The van der Waals surface area contributed by atoms with Crippen molar-refractivity contribution in [2.45, 2.75) is 32.2 Å². The first kappa shape index (κ1) is 20.5. The molecule has 4 aromatic rings. The van der Waals surface area contributed by atoms with Gasteiger partial charge < -0.3 is 4.42 Å². The predicted molar refractivity (Wildman–Crippen MR) is 122 cm³/mol. The molecule has 0 N–H and O–H groups in total. The summed E-state index contributed by atoms with van der Waals surface area (Å²) in [4.78, 5) is 24.4. The zero-order chi connectivity index (χ0) is 22.1. The lowest BCUT2D eigenvalue weighted by Gasteiger charge is -2.33. The summed E-state index contributed by atoms with van der Waals surface area (Å²) in [6.07, 6.45) is 5.44. The minimum Gasteiger partial charge on any atom is -0.464 e. The molecule has 1 aliphatic rings. The van der Waals surface area contributed by atoms with Crippen molar-refractivity contribution in [1.82, 2.24) is 14.9 Å². The van der Waals surface area contributed by atoms with Crippen molar-refractivity contribution in [3.05, 3.63) is 94.1 Å². The van der Waals surface area contributed by atoms with Gasteiger partial charge in [-0.2, -0.15) is 0 Å². The molecule has 0 amide bonds. The summed E-state index contributed by atoms with van der Waals surface area (Å²) >= 11 is 0. The summed E-state index contributed by atoms with van der Waals surface area (Å²) in [5.74, 6) is 0.664. The molecule has 0 aliphatic carbocycles. The van der Waals surface area contributed by atoms with E-state index in [4.69, 9.17) is 9.40 Å². The van der Waals surface area contributed by atoms with Crippen LogP contribution in [-0.2, 0) is 6.54 Å². The standard InChI is InChI=1S/C26H24FN3O2/c1-17-28-13-23(18-8-10-21(27)11-9-18)25(29-17)19-5-4-12-30(14-19)15-20-16-32-24-7-3-2-6-22(24)26(20)31/h2-3,6-11,13,16,19H,4-5,12,14-15H2,1H3. The first-order valence-corrected chi connectivity index (χ1v) is 10.9. The van der Waals surface area contributed by atoms with Crippen LogP contribution in [0.5, 0.6) is 0 Å². The molecule has 162 valence electrons. The lowest BCUT2D eigenvalue weighted by atomic mass is 9.89. The average molecular weight is 429 g/mol.